The predicted molar refractivity (Wildman–Crippen MR) is 51.7 cm³/mol. The summed E-state index contributed by atoms with van der Waals surface area (Å²) in [6.07, 6.45) is 0.898. The van der Waals surface area contributed by atoms with Crippen LogP contribution in [0.1, 0.15) is 19.8 Å². The van der Waals surface area contributed by atoms with Crippen LogP contribution in [0, 0.1) is 0 Å². The lowest BCUT2D eigenvalue weighted by molar-refractivity contribution is -0.123. The number of carbonyl (C=O) groups excluding carboxylic acids is 1. The Bertz CT molecular complexity index is 314. The number of nitrogens with one attached hydrogen (secondary N) is 3. The molecular formula is C7H15N3O3S. The monoisotopic (exact) mass is 221 g/mol. The lowest BCUT2D eigenvalue weighted by Gasteiger charge is -2.29. The molecule has 1 heterocycles. The van der Waals surface area contributed by atoms with Crippen molar-refractivity contribution >= 4 is 16.1 Å². The van der Waals surface area contributed by atoms with Gasteiger partial charge in [-0.15, -0.1) is 0 Å². The summed E-state index contributed by atoms with van der Waals surface area (Å²) in [5.41, 5.74) is 0. The summed E-state index contributed by atoms with van der Waals surface area (Å²) >= 11 is 0. The summed E-state index contributed by atoms with van der Waals surface area (Å²) in [5.74, 6) is -0.0302. The fourth-order valence-corrected chi connectivity index (χ4v) is 2.22. The van der Waals surface area contributed by atoms with E-state index in [-0.39, 0.29) is 18.0 Å². The van der Waals surface area contributed by atoms with E-state index < -0.39 is 10.2 Å². The second-order valence-electron chi connectivity index (χ2n) is 3.33. The molecule has 0 spiro atoms. The van der Waals surface area contributed by atoms with E-state index in [0.717, 1.165) is 0 Å². The molecule has 1 rings (SSSR count). The molecule has 82 valence electrons. The number of carbonyl (C=O) groups is 1. The number of rotatable bonds is 3. The largest absolute Gasteiger partial charge is 0.352 e. The minimum absolute atomic E-state index is 0.0302. The van der Waals surface area contributed by atoms with E-state index in [1.54, 1.807) is 6.92 Å². The van der Waals surface area contributed by atoms with Gasteiger partial charge in [0.25, 0.3) is 10.2 Å². The number of hydrogen-bond donors (Lipinski definition) is 3. The maximum atomic E-state index is 11.2. The summed E-state index contributed by atoms with van der Waals surface area (Å²) in [6.45, 7) is 1.78. The Morgan fingerprint density at radius 1 is 1.50 bits per heavy atom. The summed E-state index contributed by atoms with van der Waals surface area (Å²) in [4.78, 5) is 11.0. The molecule has 0 aromatic heterocycles. The lowest BCUT2D eigenvalue weighted by Crippen LogP contribution is -2.55. The van der Waals surface area contributed by atoms with Crippen molar-refractivity contribution in [3.05, 3.63) is 0 Å². The zero-order valence-electron chi connectivity index (χ0n) is 8.20. The molecule has 0 radical (unpaired) electrons. The van der Waals surface area contributed by atoms with Crippen LogP contribution in [0.5, 0.6) is 0 Å². The molecule has 14 heavy (non-hydrogen) atoms. The molecule has 7 heteroatoms. The Morgan fingerprint density at radius 2 is 2.14 bits per heavy atom. The van der Waals surface area contributed by atoms with Gasteiger partial charge in [-0.05, 0) is 13.3 Å². The van der Waals surface area contributed by atoms with Crippen LogP contribution in [0.25, 0.3) is 0 Å². The molecule has 1 fully saturated rings. The van der Waals surface area contributed by atoms with Gasteiger partial charge >= 0.3 is 0 Å². The van der Waals surface area contributed by atoms with Crippen LogP contribution in [0.15, 0.2) is 0 Å². The Kier molecular flexibility index (Phi) is 3.46. The van der Waals surface area contributed by atoms with Crippen LogP contribution >= 0.6 is 0 Å². The molecule has 0 aliphatic carbocycles. The first kappa shape index (κ1) is 11.4. The van der Waals surface area contributed by atoms with Crippen LogP contribution in [0.4, 0.5) is 0 Å². The number of hydrogen-bond acceptors (Lipinski definition) is 3. The summed E-state index contributed by atoms with van der Waals surface area (Å²) in [6, 6.07) is -0.399. The molecule has 0 bridgehead atoms. The van der Waals surface area contributed by atoms with Crippen molar-refractivity contribution in [2.45, 2.75) is 31.8 Å². The van der Waals surface area contributed by atoms with Crippen LogP contribution in [-0.2, 0) is 15.0 Å². The van der Waals surface area contributed by atoms with Crippen LogP contribution in [-0.4, -0.2) is 33.5 Å². The van der Waals surface area contributed by atoms with Gasteiger partial charge in [-0.1, -0.05) is 0 Å². The van der Waals surface area contributed by atoms with Gasteiger partial charge in [0.1, 0.15) is 0 Å². The minimum Gasteiger partial charge on any atom is -0.352 e. The van der Waals surface area contributed by atoms with Gasteiger partial charge in [0, 0.05) is 25.6 Å². The Balaban J connectivity index is 2.58. The lowest BCUT2D eigenvalue weighted by atomic mass is 10.0. The number of piperidine rings is 1. The van der Waals surface area contributed by atoms with Crippen molar-refractivity contribution in [3.8, 4) is 0 Å². The zero-order valence-corrected chi connectivity index (χ0v) is 9.02. The highest BCUT2D eigenvalue weighted by Crippen LogP contribution is 2.09. The highest BCUT2D eigenvalue weighted by atomic mass is 32.2. The molecule has 1 amide bonds. The van der Waals surface area contributed by atoms with Crippen molar-refractivity contribution < 1.29 is 13.2 Å². The Morgan fingerprint density at radius 3 is 2.64 bits per heavy atom. The third-order valence-electron chi connectivity index (χ3n) is 2.25. The smallest absolute Gasteiger partial charge is 0.276 e. The van der Waals surface area contributed by atoms with Gasteiger partial charge in [-0.3, -0.25) is 4.79 Å². The molecule has 2 atom stereocenters. The Labute approximate surface area is 83.6 Å². The number of amides is 1. The summed E-state index contributed by atoms with van der Waals surface area (Å²) in [5, 5.41) is 2.68. The van der Waals surface area contributed by atoms with Crippen LogP contribution in [0.3, 0.4) is 0 Å². The first-order valence-corrected chi connectivity index (χ1v) is 5.93. The minimum atomic E-state index is -3.42. The third kappa shape index (κ3) is 2.93. The van der Waals surface area contributed by atoms with Crippen molar-refractivity contribution in [2.75, 3.05) is 7.05 Å². The zero-order chi connectivity index (χ0) is 10.8. The maximum absolute atomic E-state index is 11.2. The fraction of sp³-hybridized carbons (Fsp3) is 0.857. The second-order valence-corrected chi connectivity index (χ2v) is 4.98. The summed E-state index contributed by atoms with van der Waals surface area (Å²) in [7, 11) is -2.08. The van der Waals surface area contributed by atoms with E-state index in [2.05, 4.69) is 14.8 Å². The van der Waals surface area contributed by atoms with Gasteiger partial charge in [-0.25, -0.2) is 4.72 Å². The van der Waals surface area contributed by atoms with E-state index in [4.69, 9.17) is 0 Å². The predicted octanol–water partition coefficient (Wildman–Crippen LogP) is -1.29. The quantitative estimate of drug-likeness (QED) is 0.554. The maximum Gasteiger partial charge on any atom is 0.276 e. The first-order valence-electron chi connectivity index (χ1n) is 4.45. The first-order chi connectivity index (χ1) is 6.44. The van der Waals surface area contributed by atoms with Gasteiger partial charge in [0.05, 0.1) is 0 Å². The second kappa shape index (κ2) is 4.24. The summed E-state index contributed by atoms with van der Waals surface area (Å²) < 4.78 is 26.9. The fourth-order valence-electron chi connectivity index (χ4n) is 1.38. The van der Waals surface area contributed by atoms with E-state index >= 15 is 0 Å². The Hall–Kier alpha value is -0.660. The molecule has 2 unspecified atom stereocenters. The molecule has 1 aliphatic heterocycles. The molecule has 1 saturated heterocycles. The van der Waals surface area contributed by atoms with Crippen molar-refractivity contribution in [3.63, 3.8) is 0 Å². The molecule has 6 nitrogen and oxygen atoms in total. The van der Waals surface area contributed by atoms with Gasteiger partial charge in [0.15, 0.2) is 0 Å². The molecule has 0 aromatic rings. The highest BCUT2D eigenvalue weighted by molar-refractivity contribution is 7.87. The van der Waals surface area contributed by atoms with Crippen molar-refractivity contribution in [2.24, 2.45) is 0 Å². The molecule has 0 saturated carbocycles. The van der Waals surface area contributed by atoms with Gasteiger partial charge < -0.3 is 5.32 Å². The normalized spacial score (nSPS) is 28.6. The van der Waals surface area contributed by atoms with E-state index in [1.807, 2.05) is 0 Å². The van der Waals surface area contributed by atoms with Gasteiger partial charge in [0.2, 0.25) is 5.91 Å². The SMILES string of the molecule is CNS(=O)(=O)NC1CCC(=O)NC1C. The topological polar surface area (TPSA) is 87.3 Å². The molecule has 0 aromatic carbocycles. The molecule has 3 N–H and O–H groups in total. The molecule has 1 aliphatic rings. The molecular weight excluding hydrogens is 206 g/mol. The van der Waals surface area contributed by atoms with E-state index in [0.29, 0.717) is 12.8 Å². The van der Waals surface area contributed by atoms with E-state index in [9.17, 15) is 13.2 Å². The van der Waals surface area contributed by atoms with E-state index in [1.165, 1.54) is 7.05 Å². The van der Waals surface area contributed by atoms with Crippen LogP contribution in [0.2, 0.25) is 0 Å². The van der Waals surface area contributed by atoms with Crippen molar-refractivity contribution in [1.29, 1.82) is 0 Å². The van der Waals surface area contributed by atoms with Gasteiger partial charge in [-0.2, -0.15) is 13.1 Å². The van der Waals surface area contributed by atoms with Crippen molar-refractivity contribution in [1.82, 2.24) is 14.8 Å². The van der Waals surface area contributed by atoms with Crippen LogP contribution < -0.4 is 14.8 Å². The average Bonchev–Trinajstić information content (AvgIpc) is 2.10. The average molecular weight is 221 g/mol. The highest BCUT2D eigenvalue weighted by Gasteiger charge is 2.27. The third-order valence-corrected chi connectivity index (χ3v) is 3.40. The standard InChI is InChI=1S/C7H15N3O3S/c1-5-6(3-4-7(11)9-5)10-14(12,13)8-2/h5-6,8,10H,3-4H2,1-2H3,(H,9,11).